The lowest BCUT2D eigenvalue weighted by Gasteiger charge is -2.27. The number of aliphatic imine (C=N–C) groups is 1. The van der Waals surface area contributed by atoms with E-state index < -0.39 is 0 Å². The Morgan fingerprint density at radius 2 is 1.74 bits per heavy atom. The Balaban J connectivity index is 1.60. The Labute approximate surface area is 169 Å². The molecule has 1 aliphatic carbocycles. The van der Waals surface area contributed by atoms with Crippen molar-refractivity contribution < 1.29 is 0 Å². The highest BCUT2D eigenvalue weighted by atomic mass is 35.5. The van der Waals surface area contributed by atoms with E-state index in [-0.39, 0.29) is 0 Å². The Kier molecular flexibility index (Phi) is 7.09. The molecule has 0 aliphatic heterocycles. The summed E-state index contributed by atoms with van der Waals surface area (Å²) < 4.78 is 0. The van der Waals surface area contributed by atoms with Crippen LogP contribution in [0.25, 0.3) is 0 Å². The summed E-state index contributed by atoms with van der Waals surface area (Å²) in [5.41, 5.74) is 5.87. The Morgan fingerprint density at radius 1 is 1.07 bits per heavy atom. The Bertz CT molecular complexity index is 772. The van der Waals surface area contributed by atoms with Gasteiger partial charge in [0.05, 0.1) is 5.69 Å². The van der Waals surface area contributed by atoms with E-state index in [4.69, 9.17) is 11.6 Å². The molecule has 2 aromatic carbocycles. The van der Waals surface area contributed by atoms with E-state index in [9.17, 15) is 0 Å². The molecular weight excluding hydrogens is 352 g/mol. The molecule has 144 valence electrons. The lowest BCUT2D eigenvalue weighted by atomic mass is 9.87. The van der Waals surface area contributed by atoms with Gasteiger partial charge in [0.2, 0.25) is 0 Å². The predicted molar refractivity (Wildman–Crippen MR) is 118 cm³/mol. The molecule has 0 aromatic heterocycles. The standard InChI is InChI=1S/C24H31ClN2/c1-4-26-24-15-21(23(25)13-18(24)3)14-19-7-9-20(10-8-19)16-27-22-11-5-17(2)6-12-22/h4,7-10,13,15,17,22,27H,5-6,11-12,14,16H2,1-3H3. The highest BCUT2D eigenvalue weighted by molar-refractivity contribution is 6.31. The van der Waals surface area contributed by atoms with Crippen LogP contribution in [0.2, 0.25) is 5.02 Å². The molecule has 3 rings (SSSR count). The van der Waals surface area contributed by atoms with Crippen LogP contribution in [0.15, 0.2) is 41.4 Å². The monoisotopic (exact) mass is 382 g/mol. The van der Waals surface area contributed by atoms with Crippen molar-refractivity contribution in [2.45, 2.75) is 65.5 Å². The van der Waals surface area contributed by atoms with Gasteiger partial charge >= 0.3 is 0 Å². The van der Waals surface area contributed by atoms with Gasteiger partial charge in [0.15, 0.2) is 0 Å². The van der Waals surface area contributed by atoms with Crippen molar-refractivity contribution in [3.63, 3.8) is 0 Å². The molecule has 2 aromatic rings. The normalized spacial score (nSPS) is 20.3. The maximum absolute atomic E-state index is 6.47. The number of benzene rings is 2. The maximum Gasteiger partial charge on any atom is 0.0658 e. The number of hydrogen-bond acceptors (Lipinski definition) is 2. The van der Waals surface area contributed by atoms with Crippen LogP contribution in [0.3, 0.4) is 0 Å². The second kappa shape index (κ2) is 9.52. The highest BCUT2D eigenvalue weighted by Crippen LogP contribution is 2.29. The topological polar surface area (TPSA) is 24.4 Å². The molecule has 1 N–H and O–H groups in total. The first-order chi connectivity index (χ1) is 13.0. The van der Waals surface area contributed by atoms with Gasteiger partial charge in [-0.15, -0.1) is 0 Å². The Hall–Kier alpha value is -1.64. The van der Waals surface area contributed by atoms with Crippen molar-refractivity contribution in [2.24, 2.45) is 10.9 Å². The van der Waals surface area contributed by atoms with Gasteiger partial charge in [0.1, 0.15) is 0 Å². The molecule has 3 heteroatoms. The van der Waals surface area contributed by atoms with Crippen LogP contribution in [0.4, 0.5) is 5.69 Å². The van der Waals surface area contributed by atoms with E-state index in [1.807, 2.05) is 26.1 Å². The fraction of sp³-hybridized carbons (Fsp3) is 0.458. The molecule has 1 aliphatic rings. The smallest absolute Gasteiger partial charge is 0.0658 e. The van der Waals surface area contributed by atoms with Crippen LogP contribution in [0.1, 0.15) is 61.8 Å². The van der Waals surface area contributed by atoms with Crippen LogP contribution in [-0.2, 0) is 13.0 Å². The van der Waals surface area contributed by atoms with E-state index in [0.717, 1.165) is 40.7 Å². The lowest BCUT2D eigenvalue weighted by Crippen LogP contribution is -2.32. The minimum atomic E-state index is 0.685. The molecule has 1 fully saturated rings. The minimum Gasteiger partial charge on any atom is -0.310 e. The highest BCUT2D eigenvalue weighted by Gasteiger charge is 2.17. The first-order valence-electron chi connectivity index (χ1n) is 10.1. The van der Waals surface area contributed by atoms with Crippen LogP contribution in [0.5, 0.6) is 0 Å². The number of hydrogen-bond donors (Lipinski definition) is 1. The second-order valence-electron chi connectivity index (χ2n) is 7.95. The van der Waals surface area contributed by atoms with Crippen molar-refractivity contribution in [1.82, 2.24) is 5.32 Å². The first-order valence-corrected chi connectivity index (χ1v) is 10.5. The summed E-state index contributed by atoms with van der Waals surface area (Å²) in [4.78, 5) is 4.45. The number of rotatable bonds is 6. The van der Waals surface area contributed by atoms with Crippen LogP contribution < -0.4 is 5.32 Å². The largest absolute Gasteiger partial charge is 0.310 e. The van der Waals surface area contributed by atoms with Crippen LogP contribution in [0, 0.1) is 12.8 Å². The molecule has 0 unspecified atom stereocenters. The molecule has 0 spiro atoms. The minimum absolute atomic E-state index is 0.685. The Morgan fingerprint density at radius 3 is 2.41 bits per heavy atom. The predicted octanol–water partition coefficient (Wildman–Crippen LogP) is 6.63. The third-order valence-corrected chi connectivity index (χ3v) is 6.01. The molecule has 1 saturated carbocycles. The summed E-state index contributed by atoms with van der Waals surface area (Å²) in [5, 5.41) is 4.55. The van der Waals surface area contributed by atoms with Gasteiger partial charge in [0, 0.05) is 23.8 Å². The number of nitrogens with one attached hydrogen (secondary N) is 1. The fourth-order valence-corrected chi connectivity index (χ4v) is 4.12. The number of halogens is 1. The van der Waals surface area contributed by atoms with Crippen LogP contribution >= 0.6 is 11.6 Å². The van der Waals surface area contributed by atoms with E-state index in [0.29, 0.717) is 6.04 Å². The van der Waals surface area contributed by atoms with Crippen LogP contribution in [-0.4, -0.2) is 12.3 Å². The zero-order valence-corrected chi connectivity index (χ0v) is 17.5. The average molecular weight is 383 g/mol. The molecule has 0 saturated heterocycles. The van der Waals surface area contributed by atoms with Crippen molar-refractivity contribution in [2.75, 3.05) is 0 Å². The molecule has 27 heavy (non-hydrogen) atoms. The zero-order chi connectivity index (χ0) is 19.2. The summed E-state index contributed by atoms with van der Waals surface area (Å²) in [5.74, 6) is 0.902. The molecule has 0 bridgehead atoms. The molecule has 0 heterocycles. The van der Waals surface area contributed by atoms with E-state index >= 15 is 0 Å². The van der Waals surface area contributed by atoms with E-state index in [2.05, 4.69) is 47.6 Å². The average Bonchev–Trinajstić information content (AvgIpc) is 2.66. The lowest BCUT2D eigenvalue weighted by molar-refractivity contribution is 0.306. The first kappa shape index (κ1) is 20.1. The van der Waals surface area contributed by atoms with Crippen molar-refractivity contribution in [3.05, 3.63) is 63.7 Å². The van der Waals surface area contributed by atoms with E-state index in [1.54, 1.807) is 0 Å². The quantitative estimate of drug-likeness (QED) is 0.557. The SMILES string of the molecule is CC=Nc1cc(Cc2ccc(CNC3CCC(C)CC3)cc2)c(Cl)cc1C. The van der Waals surface area contributed by atoms with Crippen molar-refractivity contribution >= 4 is 23.5 Å². The van der Waals surface area contributed by atoms with Crippen molar-refractivity contribution in [1.29, 1.82) is 0 Å². The van der Waals surface area contributed by atoms with Crippen molar-refractivity contribution in [3.8, 4) is 0 Å². The zero-order valence-electron chi connectivity index (χ0n) is 16.8. The summed E-state index contributed by atoms with van der Waals surface area (Å²) in [6.07, 6.45) is 8.01. The van der Waals surface area contributed by atoms with Gasteiger partial charge in [-0.25, -0.2) is 0 Å². The summed E-state index contributed by atoms with van der Waals surface area (Å²) in [7, 11) is 0. The van der Waals surface area contributed by atoms with E-state index in [1.165, 1.54) is 36.8 Å². The molecular formula is C24H31ClN2. The number of aryl methyl sites for hydroxylation is 1. The maximum atomic E-state index is 6.47. The number of nitrogens with zero attached hydrogens (tertiary/aromatic N) is 1. The van der Waals surface area contributed by atoms with Gasteiger partial charge in [-0.2, -0.15) is 0 Å². The molecule has 0 atom stereocenters. The fourth-order valence-electron chi connectivity index (χ4n) is 3.84. The summed E-state index contributed by atoms with van der Waals surface area (Å²) in [6.45, 7) is 7.31. The third-order valence-electron chi connectivity index (χ3n) is 5.66. The molecule has 0 radical (unpaired) electrons. The van der Waals surface area contributed by atoms with Gasteiger partial charge in [-0.05, 0) is 86.3 Å². The van der Waals surface area contributed by atoms with Gasteiger partial charge in [-0.3, -0.25) is 4.99 Å². The molecule has 2 nitrogen and oxygen atoms in total. The molecule has 0 amide bonds. The van der Waals surface area contributed by atoms with Gasteiger partial charge in [-0.1, -0.05) is 42.8 Å². The second-order valence-corrected chi connectivity index (χ2v) is 8.36. The van der Waals surface area contributed by atoms with Gasteiger partial charge in [0.25, 0.3) is 0 Å². The van der Waals surface area contributed by atoms with Gasteiger partial charge < -0.3 is 5.32 Å². The third kappa shape index (κ3) is 5.67. The summed E-state index contributed by atoms with van der Waals surface area (Å²) >= 11 is 6.47. The summed E-state index contributed by atoms with van der Waals surface area (Å²) in [6, 6.07) is 13.7.